The zero-order valence-corrected chi connectivity index (χ0v) is 13.6. The lowest BCUT2D eigenvalue weighted by Crippen LogP contribution is -2.37. The number of imidazole rings is 1. The highest BCUT2D eigenvalue weighted by molar-refractivity contribution is 5.88. The highest BCUT2D eigenvalue weighted by Gasteiger charge is 2.24. The van der Waals surface area contributed by atoms with Gasteiger partial charge < -0.3 is 16.0 Å². The monoisotopic (exact) mass is 327 g/mol. The fourth-order valence-corrected chi connectivity index (χ4v) is 3.10. The minimum absolute atomic E-state index is 0.0768. The summed E-state index contributed by atoms with van der Waals surface area (Å²) in [4.78, 5) is 29.6. The Morgan fingerprint density at radius 3 is 2.79 bits per heavy atom. The van der Waals surface area contributed by atoms with Gasteiger partial charge in [0.1, 0.15) is 6.33 Å². The van der Waals surface area contributed by atoms with Gasteiger partial charge in [0.2, 0.25) is 0 Å². The van der Waals surface area contributed by atoms with Gasteiger partial charge in [-0.25, -0.2) is 14.6 Å². The number of nitrogens with two attached hydrogens (primary N) is 1. The average Bonchev–Trinajstić information content (AvgIpc) is 3.25. The molecule has 0 unspecified atom stereocenters. The number of hydrogen-bond donors (Lipinski definition) is 2. The van der Waals surface area contributed by atoms with Crippen molar-refractivity contribution >= 4 is 17.7 Å². The molecule has 0 radical (unpaired) electrons. The number of carbonyl (C=O) groups excluding carboxylic acids is 2. The Hall–Kier alpha value is -2.83. The molecule has 0 aliphatic heterocycles. The maximum atomic E-state index is 12.6. The van der Waals surface area contributed by atoms with Crippen molar-refractivity contribution in [2.24, 2.45) is 5.73 Å². The highest BCUT2D eigenvalue weighted by Crippen LogP contribution is 2.24. The van der Waals surface area contributed by atoms with Crippen LogP contribution >= 0.6 is 0 Å². The Bertz CT molecular complexity index is 749. The molecule has 1 aromatic carbocycles. The second-order valence-corrected chi connectivity index (χ2v) is 6.07. The molecule has 126 valence electrons. The minimum Gasteiger partial charge on any atom is -0.351 e. The first-order chi connectivity index (χ1) is 11.5. The molecule has 0 spiro atoms. The number of hydrogen-bond acceptors (Lipinski definition) is 3. The van der Waals surface area contributed by atoms with Crippen LogP contribution < -0.4 is 11.1 Å². The fourth-order valence-electron chi connectivity index (χ4n) is 3.10. The summed E-state index contributed by atoms with van der Waals surface area (Å²) in [7, 11) is 1.84. The van der Waals surface area contributed by atoms with E-state index in [0.717, 1.165) is 18.4 Å². The first-order valence-corrected chi connectivity index (χ1v) is 8.02. The molecule has 7 nitrogen and oxygen atoms in total. The number of urea groups is 1. The van der Waals surface area contributed by atoms with E-state index in [0.29, 0.717) is 17.4 Å². The van der Waals surface area contributed by atoms with Gasteiger partial charge in [-0.05, 0) is 25.0 Å². The van der Waals surface area contributed by atoms with Crippen molar-refractivity contribution < 1.29 is 9.59 Å². The summed E-state index contributed by atoms with van der Waals surface area (Å²) in [5, 5.41) is 2.53. The standard InChI is InChI=1S/C17H21N5O2/c1-21(14-7-2-3-8-14)17(24)22-10-15(19-11-22)12-5-4-6-13(9-12)20-16(18)23/h4-6,9-11,14H,2-3,7-8H2,1H3,(H3,18,20,23). The number of rotatable bonds is 3. The van der Waals surface area contributed by atoms with Crippen LogP contribution in [-0.2, 0) is 0 Å². The van der Waals surface area contributed by atoms with Crippen LogP contribution in [0.25, 0.3) is 11.3 Å². The van der Waals surface area contributed by atoms with E-state index in [1.165, 1.54) is 23.7 Å². The molecule has 3 amide bonds. The molecule has 0 saturated heterocycles. The van der Waals surface area contributed by atoms with Crippen molar-refractivity contribution in [1.82, 2.24) is 14.5 Å². The third kappa shape index (κ3) is 3.40. The Morgan fingerprint density at radius 1 is 1.33 bits per heavy atom. The van der Waals surface area contributed by atoms with Gasteiger partial charge in [0, 0.05) is 30.5 Å². The molecule has 0 bridgehead atoms. The van der Waals surface area contributed by atoms with Crippen LogP contribution in [0.5, 0.6) is 0 Å². The number of anilines is 1. The van der Waals surface area contributed by atoms with E-state index < -0.39 is 6.03 Å². The molecule has 2 aromatic rings. The lowest BCUT2D eigenvalue weighted by molar-refractivity contribution is 0.192. The first-order valence-electron chi connectivity index (χ1n) is 8.02. The topological polar surface area (TPSA) is 93.2 Å². The molecular formula is C17H21N5O2. The Balaban J connectivity index is 1.77. The summed E-state index contributed by atoms with van der Waals surface area (Å²) >= 11 is 0. The van der Waals surface area contributed by atoms with Crippen LogP contribution in [-0.4, -0.2) is 39.6 Å². The van der Waals surface area contributed by atoms with Gasteiger partial charge in [0.25, 0.3) is 0 Å². The predicted octanol–water partition coefficient (Wildman–Crippen LogP) is 2.88. The van der Waals surface area contributed by atoms with E-state index in [1.54, 1.807) is 29.3 Å². The molecule has 3 N–H and O–H groups in total. The number of aromatic nitrogens is 2. The Morgan fingerprint density at radius 2 is 2.08 bits per heavy atom. The Kier molecular flexibility index (Phi) is 4.50. The van der Waals surface area contributed by atoms with Gasteiger partial charge in [0.05, 0.1) is 5.69 Å². The van der Waals surface area contributed by atoms with Crippen molar-refractivity contribution in [3.05, 3.63) is 36.8 Å². The van der Waals surface area contributed by atoms with Gasteiger partial charge in [-0.3, -0.25) is 4.57 Å². The second-order valence-electron chi connectivity index (χ2n) is 6.07. The van der Waals surface area contributed by atoms with E-state index in [2.05, 4.69) is 10.3 Å². The lowest BCUT2D eigenvalue weighted by atomic mass is 10.1. The van der Waals surface area contributed by atoms with E-state index in [9.17, 15) is 9.59 Å². The summed E-state index contributed by atoms with van der Waals surface area (Å²) in [6.45, 7) is 0. The van der Waals surface area contributed by atoms with E-state index in [1.807, 2.05) is 13.1 Å². The van der Waals surface area contributed by atoms with Crippen molar-refractivity contribution in [2.75, 3.05) is 12.4 Å². The molecule has 1 aromatic heterocycles. The molecule has 1 fully saturated rings. The number of carbonyl (C=O) groups is 2. The number of benzene rings is 1. The van der Waals surface area contributed by atoms with Gasteiger partial charge >= 0.3 is 12.1 Å². The molecule has 3 rings (SSSR count). The highest BCUT2D eigenvalue weighted by atomic mass is 16.2. The van der Waals surface area contributed by atoms with Crippen LogP contribution in [0.4, 0.5) is 15.3 Å². The third-order valence-electron chi connectivity index (χ3n) is 4.40. The summed E-state index contributed by atoms with van der Waals surface area (Å²) in [6.07, 6.45) is 7.71. The van der Waals surface area contributed by atoms with E-state index in [-0.39, 0.29) is 6.03 Å². The van der Waals surface area contributed by atoms with Crippen LogP contribution in [0.2, 0.25) is 0 Å². The van der Waals surface area contributed by atoms with Gasteiger partial charge in [0.15, 0.2) is 0 Å². The van der Waals surface area contributed by atoms with Crippen LogP contribution in [0.1, 0.15) is 25.7 Å². The first kappa shape index (κ1) is 16.0. The van der Waals surface area contributed by atoms with Crippen molar-refractivity contribution in [1.29, 1.82) is 0 Å². The number of primary amides is 1. The molecule has 7 heteroatoms. The van der Waals surface area contributed by atoms with E-state index >= 15 is 0 Å². The quantitative estimate of drug-likeness (QED) is 0.907. The SMILES string of the molecule is CN(C(=O)n1cnc(-c2cccc(NC(N)=O)c2)c1)C1CCCC1. The second kappa shape index (κ2) is 6.74. The molecule has 1 heterocycles. The number of nitrogens with zero attached hydrogens (tertiary/aromatic N) is 3. The van der Waals surface area contributed by atoms with E-state index in [4.69, 9.17) is 5.73 Å². The molecular weight excluding hydrogens is 306 g/mol. The number of amides is 3. The minimum atomic E-state index is -0.619. The number of nitrogens with one attached hydrogen (secondary N) is 1. The van der Waals surface area contributed by atoms with Gasteiger partial charge in [-0.15, -0.1) is 0 Å². The smallest absolute Gasteiger partial charge is 0.329 e. The molecule has 1 saturated carbocycles. The van der Waals surface area contributed by atoms with Crippen LogP contribution in [0.3, 0.4) is 0 Å². The molecule has 1 aliphatic carbocycles. The molecule has 1 aliphatic rings. The normalized spacial score (nSPS) is 14.5. The molecule has 0 atom stereocenters. The van der Waals surface area contributed by atoms with Gasteiger partial charge in [-0.1, -0.05) is 25.0 Å². The summed E-state index contributed by atoms with van der Waals surface area (Å²) in [5.74, 6) is 0. The van der Waals surface area contributed by atoms with Crippen LogP contribution in [0.15, 0.2) is 36.8 Å². The summed E-state index contributed by atoms with van der Waals surface area (Å²) in [6, 6.07) is 6.78. The maximum Gasteiger partial charge on any atom is 0.329 e. The van der Waals surface area contributed by atoms with Crippen LogP contribution in [0, 0.1) is 0 Å². The van der Waals surface area contributed by atoms with Crippen molar-refractivity contribution in [3.8, 4) is 11.3 Å². The zero-order valence-electron chi connectivity index (χ0n) is 13.6. The van der Waals surface area contributed by atoms with Crippen molar-refractivity contribution in [3.63, 3.8) is 0 Å². The van der Waals surface area contributed by atoms with Crippen molar-refractivity contribution in [2.45, 2.75) is 31.7 Å². The predicted molar refractivity (Wildman–Crippen MR) is 91.7 cm³/mol. The van der Waals surface area contributed by atoms with Gasteiger partial charge in [-0.2, -0.15) is 0 Å². The Labute approximate surface area is 140 Å². The zero-order chi connectivity index (χ0) is 17.1. The lowest BCUT2D eigenvalue weighted by Gasteiger charge is -2.23. The third-order valence-corrected chi connectivity index (χ3v) is 4.40. The fraction of sp³-hybridized carbons (Fsp3) is 0.353. The molecule has 24 heavy (non-hydrogen) atoms. The largest absolute Gasteiger partial charge is 0.351 e. The maximum absolute atomic E-state index is 12.6. The average molecular weight is 327 g/mol. The summed E-state index contributed by atoms with van der Waals surface area (Å²) < 4.78 is 1.50. The summed E-state index contributed by atoms with van der Waals surface area (Å²) in [5.41, 5.74) is 7.18.